The Kier molecular flexibility index (Phi) is 5.14. The molecule has 0 aliphatic carbocycles. The second-order valence-electron chi connectivity index (χ2n) is 5.72. The van der Waals surface area contributed by atoms with E-state index < -0.39 is 11.7 Å². The molecule has 1 unspecified atom stereocenters. The first-order chi connectivity index (χ1) is 12.1. The Bertz CT molecular complexity index is 776. The minimum Gasteiger partial charge on any atom is -0.503 e. The molecule has 0 saturated carbocycles. The minimum absolute atomic E-state index is 0.0148. The Morgan fingerprint density at radius 2 is 2.28 bits per heavy atom. The molecule has 1 aliphatic rings. The fraction of sp³-hybridized carbons (Fsp3) is 0.333. The van der Waals surface area contributed by atoms with Crippen LogP contribution in [0.1, 0.15) is 40.7 Å². The van der Waals surface area contributed by atoms with Crippen molar-refractivity contribution < 1.29 is 23.8 Å². The number of ether oxygens (including phenoxy) is 2. The maximum atomic E-state index is 13.7. The van der Waals surface area contributed by atoms with Gasteiger partial charge in [-0.3, -0.25) is 4.79 Å². The highest BCUT2D eigenvalue weighted by Crippen LogP contribution is 2.35. The third kappa shape index (κ3) is 3.71. The predicted octanol–water partition coefficient (Wildman–Crippen LogP) is 2.72. The molecular weight excluding hydrogens is 327 g/mol. The number of pyridine rings is 1. The molecule has 0 bridgehead atoms. The van der Waals surface area contributed by atoms with Crippen molar-refractivity contribution >= 4 is 5.91 Å². The highest BCUT2D eigenvalue weighted by Gasteiger charge is 2.25. The van der Waals surface area contributed by atoms with Gasteiger partial charge in [0, 0.05) is 24.8 Å². The van der Waals surface area contributed by atoms with Crippen molar-refractivity contribution in [3.05, 3.63) is 53.1 Å². The molecule has 1 atom stereocenters. The van der Waals surface area contributed by atoms with Gasteiger partial charge in [-0.15, -0.1) is 0 Å². The maximum absolute atomic E-state index is 13.7. The van der Waals surface area contributed by atoms with Crippen LogP contribution in [0.2, 0.25) is 0 Å². The van der Waals surface area contributed by atoms with Crippen molar-refractivity contribution in [2.75, 3.05) is 13.7 Å². The van der Waals surface area contributed by atoms with E-state index >= 15 is 0 Å². The van der Waals surface area contributed by atoms with Gasteiger partial charge in [-0.05, 0) is 18.9 Å². The first kappa shape index (κ1) is 17.2. The first-order valence-corrected chi connectivity index (χ1v) is 8.01. The fourth-order valence-electron chi connectivity index (χ4n) is 2.72. The van der Waals surface area contributed by atoms with Gasteiger partial charge >= 0.3 is 0 Å². The quantitative estimate of drug-likeness (QED) is 0.870. The number of nitrogens with one attached hydrogen (secondary N) is 1. The molecule has 1 amide bonds. The molecule has 3 rings (SSSR count). The predicted molar refractivity (Wildman–Crippen MR) is 88.0 cm³/mol. The summed E-state index contributed by atoms with van der Waals surface area (Å²) in [5, 5.41) is 12.8. The Balaban J connectivity index is 1.83. The lowest BCUT2D eigenvalue weighted by atomic mass is 10.1. The molecule has 1 aromatic carbocycles. The molecule has 2 heterocycles. The number of carbonyl (C=O) groups excluding carboxylic acids is 1. The van der Waals surface area contributed by atoms with Gasteiger partial charge in [-0.1, -0.05) is 18.2 Å². The lowest BCUT2D eigenvalue weighted by molar-refractivity contribution is 0.0935. The van der Waals surface area contributed by atoms with Crippen LogP contribution in [0.15, 0.2) is 30.3 Å². The van der Waals surface area contributed by atoms with Crippen LogP contribution < -0.4 is 10.1 Å². The van der Waals surface area contributed by atoms with Gasteiger partial charge in [0.2, 0.25) is 0 Å². The van der Waals surface area contributed by atoms with Crippen molar-refractivity contribution in [1.29, 1.82) is 0 Å². The van der Waals surface area contributed by atoms with Crippen LogP contribution in [0.5, 0.6) is 11.5 Å². The number of hydrogen-bond donors (Lipinski definition) is 2. The van der Waals surface area contributed by atoms with E-state index in [1.807, 2.05) is 0 Å². The molecule has 6 nitrogen and oxygen atoms in total. The molecule has 2 N–H and O–H groups in total. The van der Waals surface area contributed by atoms with E-state index in [9.17, 15) is 14.3 Å². The Morgan fingerprint density at radius 1 is 1.48 bits per heavy atom. The summed E-state index contributed by atoms with van der Waals surface area (Å²) in [4.78, 5) is 16.7. The standard InChI is InChI=1S/C18H19FN2O4/c1-24-15-9-13(14-7-4-8-25-14)21-16(17(15)22)18(23)20-10-11-5-2-3-6-12(11)19/h2-3,5-6,9,14,22H,4,7-8,10H2,1H3,(H,20,23). The van der Waals surface area contributed by atoms with Gasteiger partial charge in [0.05, 0.1) is 18.9 Å². The molecule has 1 fully saturated rings. The zero-order valence-corrected chi connectivity index (χ0v) is 13.8. The number of methoxy groups -OCH3 is 1. The van der Waals surface area contributed by atoms with Gasteiger partial charge in [0.1, 0.15) is 5.82 Å². The molecule has 7 heteroatoms. The van der Waals surface area contributed by atoms with Crippen molar-refractivity contribution in [2.45, 2.75) is 25.5 Å². The van der Waals surface area contributed by atoms with Gasteiger partial charge < -0.3 is 19.9 Å². The number of carbonyl (C=O) groups is 1. The lowest BCUT2D eigenvalue weighted by Gasteiger charge is -2.14. The number of hydrogen-bond acceptors (Lipinski definition) is 5. The zero-order valence-electron chi connectivity index (χ0n) is 13.8. The highest BCUT2D eigenvalue weighted by atomic mass is 19.1. The summed E-state index contributed by atoms with van der Waals surface area (Å²) < 4.78 is 24.4. The minimum atomic E-state index is -0.612. The molecule has 1 aromatic heterocycles. The molecule has 1 aliphatic heterocycles. The van der Waals surface area contributed by atoms with E-state index in [-0.39, 0.29) is 29.8 Å². The third-order valence-corrected chi connectivity index (χ3v) is 4.07. The summed E-state index contributed by atoms with van der Waals surface area (Å²) in [6.45, 7) is 0.615. The number of aromatic nitrogens is 1. The Morgan fingerprint density at radius 3 is 2.96 bits per heavy atom. The normalized spacial score (nSPS) is 16.6. The van der Waals surface area contributed by atoms with E-state index in [2.05, 4.69) is 10.3 Å². The number of amides is 1. The van der Waals surface area contributed by atoms with Crippen LogP contribution in [0.25, 0.3) is 0 Å². The van der Waals surface area contributed by atoms with Crippen LogP contribution in [-0.4, -0.2) is 29.7 Å². The summed E-state index contributed by atoms with van der Waals surface area (Å²) >= 11 is 0. The van der Waals surface area contributed by atoms with Gasteiger partial charge in [-0.2, -0.15) is 0 Å². The van der Waals surface area contributed by atoms with Crippen LogP contribution in [0, 0.1) is 5.82 Å². The molecule has 132 valence electrons. The summed E-state index contributed by atoms with van der Waals surface area (Å²) in [5.41, 5.74) is 0.710. The topological polar surface area (TPSA) is 80.7 Å². The summed E-state index contributed by atoms with van der Waals surface area (Å²) in [6.07, 6.45) is 1.47. The van der Waals surface area contributed by atoms with Crippen molar-refractivity contribution in [3.63, 3.8) is 0 Å². The molecule has 0 spiro atoms. The average molecular weight is 346 g/mol. The largest absolute Gasteiger partial charge is 0.503 e. The van der Waals surface area contributed by atoms with E-state index in [1.165, 1.54) is 13.2 Å². The number of aromatic hydroxyl groups is 1. The van der Waals surface area contributed by atoms with Gasteiger partial charge in [0.15, 0.2) is 17.2 Å². The highest BCUT2D eigenvalue weighted by molar-refractivity contribution is 5.95. The number of benzene rings is 1. The van der Waals surface area contributed by atoms with Crippen molar-refractivity contribution in [2.24, 2.45) is 0 Å². The zero-order chi connectivity index (χ0) is 17.8. The average Bonchev–Trinajstić information content (AvgIpc) is 3.15. The summed E-state index contributed by atoms with van der Waals surface area (Å²) in [7, 11) is 1.40. The van der Waals surface area contributed by atoms with Crippen LogP contribution in [0.4, 0.5) is 4.39 Å². The number of nitrogens with zero attached hydrogens (tertiary/aromatic N) is 1. The van der Waals surface area contributed by atoms with Crippen LogP contribution in [-0.2, 0) is 11.3 Å². The third-order valence-electron chi connectivity index (χ3n) is 4.07. The fourth-order valence-corrected chi connectivity index (χ4v) is 2.72. The van der Waals surface area contributed by atoms with E-state index in [1.54, 1.807) is 24.3 Å². The second kappa shape index (κ2) is 7.48. The molecule has 1 saturated heterocycles. The van der Waals surface area contributed by atoms with Crippen LogP contribution >= 0.6 is 0 Å². The number of rotatable bonds is 5. The Hall–Kier alpha value is -2.67. The second-order valence-corrected chi connectivity index (χ2v) is 5.72. The maximum Gasteiger partial charge on any atom is 0.274 e. The van der Waals surface area contributed by atoms with Gasteiger partial charge in [-0.25, -0.2) is 9.37 Å². The van der Waals surface area contributed by atoms with Crippen LogP contribution in [0.3, 0.4) is 0 Å². The smallest absolute Gasteiger partial charge is 0.274 e. The van der Waals surface area contributed by atoms with E-state index in [0.29, 0.717) is 17.9 Å². The molecule has 25 heavy (non-hydrogen) atoms. The molecular formula is C18H19FN2O4. The van der Waals surface area contributed by atoms with Gasteiger partial charge in [0.25, 0.3) is 5.91 Å². The van der Waals surface area contributed by atoms with Crippen molar-refractivity contribution in [1.82, 2.24) is 10.3 Å². The van der Waals surface area contributed by atoms with Crippen molar-refractivity contribution in [3.8, 4) is 11.5 Å². The lowest BCUT2D eigenvalue weighted by Crippen LogP contribution is -2.25. The summed E-state index contributed by atoms with van der Waals surface area (Å²) in [5.74, 6) is -1.23. The molecule has 2 aromatic rings. The SMILES string of the molecule is COc1cc(C2CCCO2)nc(C(=O)NCc2ccccc2F)c1O. The summed E-state index contributed by atoms with van der Waals surface area (Å²) in [6, 6.07) is 7.72. The van der Waals surface area contributed by atoms with E-state index in [4.69, 9.17) is 9.47 Å². The number of halogens is 1. The molecule has 0 radical (unpaired) electrons. The first-order valence-electron chi connectivity index (χ1n) is 8.01. The monoisotopic (exact) mass is 346 g/mol. The Labute approximate surface area is 144 Å². The van der Waals surface area contributed by atoms with E-state index in [0.717, 1.165) is 12.8 Å².